The van der Waals surface area contributed by atoms with Gasteiger partial charge in [-0.3, -0.25) is 4.99 Å². The highest BCUT2D eigenvalue weighted by molar-refractivity contribution is 5.72. The Morgan fingerprint density at radius 3 is 1.98 bits per heavy atom. The van der Waals surface area contributed by atoms with Gasteiger partial charge in [0.25, 0.3) is 0 Å². The molecule has 1 aromatic heterocycles. The molecule has 0 saturated heterocycles. The monoisotopic (exact) mass is 693 g/mol. The van der Waals surface area contributed by atoms with E-state index in [-0.39, 0.29) is 6.17 Å². The fourth-order valence-corrected chi connectivity index (χ4v) is 5.86. The molecule has 5 aromatic rings. The predicted octanol–water partition coefficient (Wildman–Crippen LogP) is 6.73. The van der Waals surface area contributed by atoms with Crippen LogP contribution in [0.5, 0.6) is 40.2 Å². The summed E-state index contributed by atoms with van der Waals surface area (Å²) in [6.07, 6.45) is 5.61. The van der Waals surface area contributed by atoms with E-state index in [1.165, 1.54) is 0 Å². The molecule has 0 radical (unpaired) electrons. The molecule has 266 valence electrons. The standard InChI is InChI=1S/C40H43N3O8/c1-44-32-16-14-26(34-24-31(43-51-34)29-22-37(46-3)39(48-5)38(23-29)47-4)20-36(32)50-19-11-7-6-10-18-49-33-17-15-27(21-35(33)45-2)40-41-25-28-12-8-9-13-30(28)42-40/h8-9,12-17,20-25,40-41H,6-7,10-11,18-19H2,1-5H3. The summed E-state index contributed by atoms with van der Waals surface area (Å²) in [5.74, 6) is 4.85. The predicted molar refractivity (Wildman–Crippen MR) is 194 cm³/mol. The number of rotatable bonds is 17. The van der Waals surface area contributed by atoms with Gasteiger partial charge >= 0.3 is 0 Å². The third kappa shape index (κ3) is 8.15. The topological polar surface area (TPSA) is 115 Å². The van der Waals surface area contributed by atoms with Crippen molar-refractivity contribution < 1.29 is 37.7 Å². The van der Waals surface area contributed by atoms with E-state index in [0.717, 1.165) is 58.7 Å². The zero-order valence-electron chi connectivity index (χ0n) is 29.6. The first-order chi connectivity index (χ1) is 25.0. The normalized spacial score (nSPS) is 13.2. The second kappa shape index (κ2) is 16.7. The SMILES string of the molecule is COc1cc(C2N=c3ccccc3=CN2)ccc1OCCCCCCOc1cc(-c2cc(-c3cc(OC)c(OC)c(OC)c3)no2)ccc1OC. The van der Waals surface area contributed by atoms with Gasteiger partial charge in [-0.25, -0.2) is 0 Å². The molecule has 0 aliphatic carbocycles. The van der Waals surface area contributed by atoms with Crippen molar-refractivity contribution in [3.63, 3.8) is 0 Å². The molecule has 51 heavy (non-hydrogen) atoms. The number of ether oxygens (including phenoxy) is 7. The smallest absolute Gasteiger partial charge is 0.203 e. The van der Waals surface area contributed by atoms with Gasteiger partial charge in [0, 0.05) is 34.2 Å². The van der Waals surface area contributed by atoms with Crippen molar-refractivity contribution in [1.29, 1.82) is 0 Å². The Balaban J connectivity index is 0.980. The van der Waals surface area contributed by atoms with Crippen molar-refractivity contribution in [2.45, 2.75) is 31.8 Å². The Hall–Kier alpha value is -5.84. The molecule has 0 bridgehead atoms. The third-order valence-electron chi connectivity index (χ3n) is 8.58. The summed E-state index contributed by atoms with van der Waals surface area (Å²) in [7, 11) is 8.00. The molecule has 11 nitrogen and oxygen atoms in total. The lowest BCUT2D eigenvalue weighted by atomic mass is 10.1. The minimum atomic E-state index is -0.178. The Morgan fingerprint density at radius 1 is 0.608 bits per heavy atom. The first-order valence-corrected chi connectivity index (χ1v) is 16.8. The molecule has 0 fully saturated rings. The number of nitrogens with zero attached hydrogens (tertiary/aromatic N) is 2. The molecule has 11 heteroatoms. The molecule has 6 rings (SSSR count). The van der Waals surface area contributed by atoms with Crippen LogP contribution in [-0.2, 0) is 0 Å². The third-order valence-corrected chi connectivity index (χ3v) is 8.58. The average Bonchev–Trinajstić information content (AvgIpc) is 3.68. The van der Waals surface area contributed by atoms with Gasteiger partial charge in [-0.2, -0.15) is 0 Å². The van der Waals surface area contributed by atoms with Crippen LogP contribution < -0.4 is 49.1 Å². The van der Waals surface area contributed by atoms with Crippen LogP contribution in [-0.4, -0.2) is 53.9 Å². The summed E-state index contributed by atoms with van der Waals surface area (Å²) in [6.45, 7) is 1.14. The summed E-state index contributed by atoms with van der Waals surface area (Å²) in [5.41, 5.74) is 3.21. The van der Waals surface area contributed by atoms with E-state index in [4.69, 9.17) is 42.7 Å². The Morgan fingerprint density at radius 2 is 1.27 bits per heavy atom. The zero-order chi connectivity index (χ0) is 35.6. The van der Waals surface area contributed by atoms with Crippen LogP contribution in [0.25, 0.3) is 28.8 Å². The van der Waals surface area contributed by atoms with Crippen LogP contribution in [0.4, 0.5) is 0 Å². The number of nitrogens with one attached hydrogen (secondary N) is 1. The average molecular weight is 694 g/mol. The van der Waals surface area contributed by atoms with Crippen LogP contribution >= 0.6 is 0 Å². The Labute approximate surface area is 297 Å². The summed E-state index contributed by atoms with van der Waals surface area (Å²) >= 11 is 0. The van der Waals surface area contributed by atoms with Gasteiger partial charge in [0.05, 0.1) is 54.1 Å². The van der Waals surface area contributed by atoms with Crippen molar-refractivity contribution in [3.05, 3.63) is 95.0 Å². The molecule has 1 unspecified atom stereocenters. The second-order valence-corrected chi connectivity index (χ2v) is 11.8. The molecule has 2 heterocycles. The van der Waals surface area contributed by atoms with E-state index in [1.54, 1.807) is 35.5 Å². The number of unbranched alkanes of at least 4 members (excludes halogenated alkanes) is 3. The van der Waals surface area contributed by atoms with Crippen LogP contribution in [0.1, 0.15) is 37.4 Å². The lowest BCUT2D eigenvalue weighted by Crippen LogP contribution is -2.34. The first kappa shape index (κ1) is 35.0. The van der Waals surface area contributed by atoms with Gasteiger partial charge in [-0.05, 0) is 74.2 Å². The van der Waals surface area contributed by atoms with E-state index in [0.29, 0.717) is 59.2 Å². The lowest BCUT2D eigenvalue weighted by Gasteiger charge is -2.18. The molecule has 4 aromatic carbocycles. The highest BCUT2D eigenvalue weighted by Gasteiger charge is 2.18. The maximum absolute atomic E-state index is 6.16. The van der Waals surface area contributed by atoms with Gasteiger partial charge in [0.1, 0.15) is 11.9 Å². The Bertz CT molecular complexity index is 2040. The molecule has 0 amide bonds. The molecule has 1 N–H and O–H groups in total. The highest BCUT2D eigenvalue weighted by Crippen LogP contribution is 2.42. The van der Waals surface area contributed by atoms with E-state index in [9.17, 15) is 0 Å². The largest absolute Gasteiger partial charge is 0.493 e. The van der Waals surface area contributed by atoms with Crippen LogP contribution in [0.3, 0.4) is 0 Å². The number of hydrogen-bond donors (Lipinski definition) is 1. The first-order valence-electron chi connectivity index (χ1n) is 16.8. The van der Waals surface area contributed by atoms with Crippen LogP contribution in [0, 0.1) is 0 Å². The summed E-state index contributed by atoms with van der Waals surface area (Å²) in [4.78, 5) is 4.83. The van der Waals surface area contributed by atoms with Crippen LogP contribution in [0.15, 0.2) is 88.4 Å². The maximum atomic E-state index is 6.16. The van der Waals surface area contributed by atoms with Gasteiger partial charge in [-0.1, -0.05) is 29.4 Å². The van der Waals surface area contributed by atoms with Gasteiger partial charge < -0.3 is 43.0 Å². The number of aromatic nitrogens is 1. The van der Waals surface area contributed by atoms with E-state index in [1.807, 2.05) is 85.1 Å². The van der Waals surface area contributed by atoms with E-state index in [2.05, 4.69) is 10.5 Å². The van der Waals surface area contributed by atoms with E-state index >= 15 is 0 Å². The van der Waals surface area contributed by atoms with Crippen molar-refractivity contribution in [3.8, 4) is 62.8 Å². The molecule has 0 spiro atoms. The van der Waals surface area contributed by atoms with Gasteiger partial charge in [0.2, 0.25) is 5.75 Å². The summed E-state index contributed by atoms with van der Waals surface area (Å²) in [5, 5.41) is 9.69. The molecular formula is C40H43N3O8. The fraction of sp³-hybridized carbons (Fsp3) is 0.300. The number of hydrogen-bond acceptors (Lipinski definition) is 11. The second-order valence-electron chi connectivity index (χ2n) is 11.8. The minimum Gasteiger partial charge on any atom is -0.493 e. The number of para-hydroxylation sites is 1. The minimum absolute atomic E-state index is 0.178. The molecule has 1 atom stereocenters. The van der Waals surface area contributed by atoms with Crippen molar-refractivity contribution in [1.82, 2.24) is 10.5 Å². The van der Waals surface area contributed by atoms with Crippen molar-refractivity contribution in [2.75, 3.05) is 48.8 Å². The van der Waals surface area contributed by atoms with Crippen molar-refractivity contribution >= 4 is 6.20 Å². The molecular weight excluding hydrogens is 650 g/mol. The number of fused-ring (bicyclic) bond motifs is 1. The van der Waals surface area contributed by atoms with E-state index < -0.39 is 0 Å². The summed E-state index contributed by atoms with van der Waals surface area (Å²) in [6, 6.07) is 25.2. The van der Waals surface area contributed by atoms with Crippen molar-refractivity contribution in [2.24, 2.45) is 4.99 Å². The Kier molecular flexibility index (Phi) is 11.5. The zero-order valence-corrected chi connectivity index (χ0v) is 29.6. The fourth-order valence-electron chi connectivity index (χ4n) is 5.86. The summed E-state index contributed by atoms with van der Waals surface area (Å²) < 4.78 is 45.6. The molecule has 0 saturated carbocycles. The maximum Gasteiger partial charge on any atom is 0.203 e. The highest BCUT2D eigenvalue weighted by atomic mass is 16.5. The van der Waals surface area contributed by atoms with Crippen LogP contribution in [0.2, 0.25) is 0 Å². The molecule has 1 aliphatic rings. The number of benzene rings is 4. The molecule has 1 aliphatic heterocycles. The lowest BCUT2D eigenvalue weighted by molar-refractivity contribution is 0.271. The van der Waals surface area contributed by atoms with Gasteiger partial charge in [0.15, 0.2) is 40.3 Å². The quantitative estimate of drug-likeness (QED) is 0.105. The number of methoxy groups -OCH3 is 5. The van der Waals surface area contributed by atoms with Gasteiger partial charge in [-0.15, -0.1) is 0 Å².